The third-order valence-corrected chi connectivity index (χ3v) is 4.35. The molecule has 0 saturated carbocycles. The molecule has 1 aromatic carbocycles. The van der Waals surface area contributed by atoms with Crippen LogP contribution in [0.4, 0.5) is 0 Å². The van der Waals surface area contributed by atoms with Gasteiger partial charge in [-0.1, -0.05) is 28.4 Å². The van der Waals surface area contributed by atoms with Crippen molar-refractivity contribution in [2.45, 2.75) is 25.7 Å². The summed E-state index contributed by atoms with van der Waals surface area (Å²) in [6.07, 6.45) is 2.41. The molecular formula is C19H18Cl2N4O5. The van der Waals surface area contributed by atoms with E-state index in [2.05, 4.69) is 21.0 Å². The lowest BCUT2D eigenvalue weighted by molar-refractivity contribution is -0.129. The second-order valence-corrected chi connectivity index (χ2v) is 6.96. The number of rotatable bonds is 9. The van der Waals surface area contributed by atoms with Crippen molar-refractivity contribution in [3.8, 4) is 17.3 Å². The number of ether oxygens (including phenoxy) is 1. The fourth-order valence-electron chi connectivity index (χ4n) is 2.35. The Balaban J connectivity index is 1.29. The third-order valence-electron chi connectivity index (χ3n) is 3.82. The van der Waals surface area contributed by atoms with Crippen molar-refractivity contribution < 1.29 is 23.3 Å². The maximum Gasteiger partial charge on any atom is 0.238 e. The van der Waals surface area contributed by atoms with Crippen LogP contribution in [-0.2, 0) is 16.0 Å². The Morgan fingerprint density at radius 1 is 1.10 bits per heavy atom. The van der Waals surface area contributed by atoms with E-state index in [1.165, 1.54) is 6.26 Å². The topological polar surface area (TPSA) is 119 Å². The number of nitrogens with zero attached hydrogens (tertiary/aromatic N) is 2. The van der Waals surface area contributed by atoms with Crippen LogP contribution < -0.4 is 15.6 Å². The molecule has 2 N–H and O–H groups in total. The summed E-state index contributed by atoms with van der Waals surface area (Å²) in [5.41, 5.74) is 4.68. The number of halogens is 2. The molecule has 2 aromatic heterocycles. The zero-order valence-corrected chi connectivity index (χ0v) is 17.2. The Labute approximate surface area is 181 Å². The molecule has 3 aromatic rings. The largest absolute Gasteiger partial charge is 0.492 e. The van der Waals surface area contributed by atoms with Gasteiger partial charge in [0.05, 0.1) is 17.9 Å². The summed E-state index contributed by atoms with van der Waals surface area (Å²) in [6.45, 7) is 0.290. The van der Waals surface area contributed by atoms with Crippen LogP contribution in [0.1, 0.15) is 25.2 Å². The lowest BCUT2D eigenvalue weighted by atomic mass is 10.3. The molecule has 0 fully saturated rings. The molecule has 3 rings (SSSR count). The quantitative estimate of drug-likeness (QED) is 0.376. The van der Waals surface area contributed by atoms with Crippen molar-refractivity contribution in [2.75, 3.05) is 6.61 Å². The number of carbonyl (C=O) groups excluding carboxylic acids is 2. The molecule has 2 heterocycles. The lowest BCUT2D eigenvalue weighted by Crippen LogP contribution is -2.41. The van der Waals surface area contributed by atoms with E-state index >= 15 is 0 Å². The smallest absolute Gasteiger partial charge is 0.238 e. The Hall–Kier alpha value is -3.04. The second-order valence-electron chi connectivity index (χ2n) is 6.11. The van der Waals surface area contributed by atoms with Crippen molar-refractivity contribution in [1.82, 2.24) is 21.0 Å². The number of hydrazine groups is 1. The highest BCUT2D eigenvalue weighted by Gasteiger charge is 2.13. The monoisotopic (exact) mass is 452 g/mol. The number of amides is 2. The Kier molecular flexibility index (Phi) is 7.69. The van der Waals surface area contributed by atoms with Gasteiger partial charge in [0.1, 0.15) is 5.75 Å². The molecule has 0 unspecified atom stereocenters. The van der Waals surface area contributed by atoms with Crippen LogP contribution in [0.15, 0.2) is 45.5 Å². The van der Waals surface area contributed by atoms with Gasteiger partial charge in [0.25, 0.3) is 0 Å². The maximum absolute atomic E-state index is 11.9. The molecule has 30 heavy (non-hydrogen) atoms. The maximum atomic E-state index is 11.9. The van der Waals surface area contributed by atoms with Gasteiger partial charge in [-0.15, -0.1) is 0 Å². The van der Waals surface area contributed by atoms with Crippen LogP contribution >= 0.6 is 23.2 Å². The highest BCUT2D eigenvalue weighted by Crippen LogP contribution is 2.27. The molecule has 11 heteroatoms. The molecule has 0 aliphatic rings. The first-order chi connectivity index (χ1) is 14.5. The van der Waals surface area contributed by atoms with Crippen LogP contribution in [0.2, 0.25) is 10.0 Å². The minimum absolute atomic E-state index is 0.0677. The number of furan rings is 1. The first-order valence-electron chi connectivity index (χ1n) is 9.03. The molecule has 0 bridgehead atoms. The molecule has 0 radical (unpaired) electrons. The Morgan fingerprint density at radius 3 is 2.63 bits per heavy atom. The predicted molar refractivity (Wildman–Crippen MR) is 108 cm³/mol. The Morgan fingerprint density at radius 2 is 1.90 bits per heavy atom. The van der Waals surface area contributed by atoms with E-state index in [0.29, 0.717) is 39.7 Å². The van der Waals surface area contributed by atoms with Gasteiger partial charge in [0.2, 0.25) is 23.5 Å². The molecule has 2 amide bonds. The summed E-state index contributed by atoms with van der Waals surface area (Å²) < 4.78 is 15.7. The van der Waals surface area contributed by atoms with Crippen molar-refractivity contribution in [3.05, 3.63) is 52.5 Å². The van der Waals surface area contributed by atoms with Crippen molar-refractivity contribution in [3.63, 3.8) is 0 Å². The molecule has 0 spiro atoms. The van der Waals surface area contributed by atoms with Gasteiger partial charge < -0.3 is 13.7 Å². The van der Waals surface area contributed by atoms with Crippen LogP contribution in [0.5, 0.6) is 5.75 Å². The summed E-state index contributed by atoms with van der Waals surface area (Å²) in [4.78, 5) is 27.8. The predicted octanol–water partition coefficient (Wildman–Crippen LogP) is 3.58. The van der Waals surface area contributed by atoms with Crippen LogP contribution in [-0.4, -0.2) is 28.6 Å². The number of hydrogen-bond acceptors (Lipinski definition) is 7. The summed E-state index contributed by atoms with van der Waals surface area (Å²) in [5.74, 6) is 0.846. The number of aryl methyl sites for hydroxylation is 1. The number of nitrogens with one attached hydrogen (secondary N) is 2. The summed E-state index contributed by atoms with van der Waals surface area (Å²) in [5, 5.41) is 4.69. The molecule has 0 aliphatic carbocycles. The van der Waals surface area contributed by atoms with E-state index in [1.54, 1.807) is 30.3 Å². The summed E-state index contributed by atoms with van der Waals surface area (Å²) in [7, 11) is 0. The number of hydrogen-bond donors (Lipinski definition) is 2. The van der Waals surface area contributed by atoms with E-state index in [1.807, 2.05) is 0 Å². The van der Waals surface area contributed by atoms with Crippen molar-refractivity contribution in [2.24, 2.45) is 0 Å². The van der Waals surface area contributed by atoms with Crippen LogP contribution in [0.25, 0.3) is 11.6 Å². The van der Waals surface area contributed by atoms with Gasteiger partial charge in [-0.25, -0.2) is 0 Å². The molecule has 158 valence electrons. The van der Waals surface area contributed by atoms with Gasteiger partial charge in [-0.3, -0.25) is 20.4 Å². The zero-order valence-electron chi connectivity index (χ0n) is 15.7. The van der Waals surface area contributed by atoms with Gasteiger partial charge >= 0.3 is 0 Å². The molecule has 0 aliphatic heterocycles. The van der Waals surface area contributed by atoms with E-state index in [0.717, 1.165) is 0 Å². The van der Waals surface area contributed by atoms with E-state index < -0.39 is 0 Å². The highest BCUT2D eigenvalue weighted by atomic mass is 35.5. The third kappa shape index (κ3) is 6.50. The van der Waals surface area contributed by atoms with E-state index in [9.17, 15) is 9.59 Å². The van der Waals surface area contributed by atoms with E-state index in [4.69, 9.17) is 36.9 Å². The first-order valence-corrected chi connectivity index (χ1v) is 9.79. The molecular weight excluding hydrogens is 435 g/mol. The first kappa shape index (κ1) is 21.7. The SMILES string of the molecule is O=C(CCCOc1ccc(Cl)cc1Cl)NNC(=O)CCc1nc(-c2ccco2)no1. The van der Waals surface area contributed by atoms with E-state index in [-0.39, 0.29) is 37.7 Å². The summed E-state index contributed by atoms with van der Waals surface area (Å²) >= 11 is 11.8. The Bertz CT molecular complexity index is 991. The number of carbonyl (C=O) groups is 2. The molecule has 9 nitrogen and oxygen atoms in total. The minimum atomic E-state index is -0.384. The lowest BCUT2D eigenvalue weighted by Gasteiger charge is -2.09. The standard InChI is InChI=1S/C19H18Cl2N4O5/c20-12-5-6-14(13(21)11-12)28-10-2-4-16(26)23-24-17(27)7-8-18-22-19(25-30-18)15-3-1-9-29-15/h1,3,5-6,9,11H,2,4,7-8,10H2,(H,23,26)(H,24,27). The number of benzene rings is 1. The number of aromatic nitrogens is 2. The average Bonchev–Trinajstić information content (AvgIpc) is 3.41. The van der Waals surface area contributed by atoms with Gasteiger partial charge in [0, 0.05) is 24.3 Å². The highest BCUT2D eigenvalue weighted by molar-refractivity contribution is 6.35. The van der Waals surface area contributed by atoms with Gasteiger partial charge in [0.15, 0.2) is 5.76 Å². The fourth-order valence-corrected chi connectivity index (χ4v) is 2.82. The van der Waals surface area contributed by atoms with Crippen LogP contribution in [0, 0.1) is 0 Å². The van der Waals surface area contributed by atoms with Crippen molar-refractivity contribution in [1.29, 1.82) is 0 Å². The zero-order chi connectivity index (χ0) is 21.3. The minimum Gasteiger partial charge on any atom is -0.492 e. The summed E-state index contributed by atoms with van der Waals surface area (Å²) in [6, 6.07) is 8.31. The van der Waals surface area contributed by atoms with Crippen molar-refractivity contribution >= 4 is 35.0 Å². The van der Waals surface area contributed by atoms with Gasteiger partial charge in [-0.05, 0) is 36.8 Å². The normalized spacial score (nSPS) is 10.6. The fraction of sp³-hybridized carbons (Fsp3) is 0.263. The average molecular weight is 453 g/mol. The second kappa shape index (κ2) is 10.7. The molecule has 0 atom stereocenters. The molecule has 0 saturated heterocycles. The van der Waals surface area contributed by atoms with Crippen LogP contribution in [0.3, 0.4) is 0 Å². The van der Waals surface area contributed by atoms with Gasteiger partial charge in [-0.2, -0.15) is 4.98 Å².